The minimum absolute atomic E-state index is 0. The zero-order valence-corrected chi connectivity index (χ0v) is 15.9. The van der Waals surface area contributed by atoms with E-state index in [-0.39, 0.29) is 29.6 Å². The van der Waals surface area contributed by atoms with Crippen LogP contribution in [0.4, 0.5) is 74.6 Å². The maximum Gasteiger partial charge on any atom is 1.00 e. The molecule has 0 aromatic rings. The van der Waals surface area contributed by atoms with Gasteiger partial charge < -0.3 is 4.55 Å². The van der Waals surface area contributed by atoms with Gasteiger partial charge in [-0.05, 0) is 0 Å². The van der Waals surface area contributed by atoms with Crippen molar-refractivity contribution in [1.82, 2.24) is 0 Å². The summed E-state index contributed by atoms with van der Waals surface area (Å²) in [6.07, 6.45) is -7.89. The van der Waals surface area contributed by atoms with E-state index in [1.54, 1.807) is 0 Å². The van der Waals surface area contributed by atoms with E-state index < -0.39 is 57.1 Å². The van der Waals surface area contributed by atoms with Gasteiger partial charge in [0.2, 0.25) is 0 Å². The van der Waals surface area contributed by atoms with Gasteiger partial charge in [-0.2, -0.15) is 74.6 Å². The van der Waals surface area contributed by atoms with E-state index in [4.69, 9.17) is 0 Å². The Kier molecular flexibility index (Phi) is 8.13. The topological polar surface area (TPSA) is 57.2 Å². The first-order valence-electron chi connectivity index (χ1n) is 5.67. The van der Waals surface area contributed by atoms with Gasteiger partial charge in [0.15, 0.2) is 10.1 Å². The number of rotatable bonds is 7. The molecule has 0 aromatic heterocycles. The first-order chi connectivity index (χ1) is 12.0. The molecule has 0 atom stereocenters. The molecule has 0 fully saturated rings. The van der Waals surface area contributed by atoms with Crippen LogP contribution < -0.4 is 29.6 Å². The fourth-order valence-electron chi connectivity index (χ4n) is 1.31. The molecule has 0 saturated heterocycles. The minimum Gasteiger partial charge on any atom is -0.743 e. The third-order valence-corrected chi connectivity index (χ3v) is 3.89. The van der Waals surface area contributed by atoms with Gasteiger partial charge in [0.1, 0.15) is 0 Å². The van der Waals surface area contributed by atoms with Crippen LogP contribution in [0.15, 0.2) is 0 Å². The van der Waals surface area contributed by atoms with Gasteiger partial charge in [0, 0.05) is 0 Å². The average Bonchev–Trinajstić information content (AvgIpc) is 2.43. The molecule has 30 heavy (non-hydrogen) atoms. The summed E-state index contributed by atoms with van der Waals surface area (Å²) in [6.45, 7) is 0. The van der Waals surface area contributed by atoms with Crippen LogP contribution in [-0.4, -0.2) is 59.9 Å². The van der Waals surface area contributed by atoms with E-state index in [1.165, 1.54) is 0 Å². The Hall–Kier alpha value is -0.280. The Morgan fingerprint density at radius 3 is 0.833 bits per heavy atom. The molecule has 0 amide bonds. The van der Waals surface area contributed by atoms with Crippen LogP contribution in [0.5, 0.6) is 0 Å². The molecule has 22 heteroatoms. The van der Waals surface area contributed by atoms with Crippen LogP contribution in [-0.2, 0) is 10.1 Å². The maximum atomic E-state index is 13.0. The second-order valence-electron chi connectivity index (χ2n) is 4.92. The summed E-state index contributed by atoms with van der Waals surface area (Å²) in [5, 5.41) is -7.95. The van der Waals surface area contributed by atoms with Gasteiger partial charge in [-0.1, -0.05) is 0 Å². The Morgan fingerprint density at radius 2 is 0.633 bits per heavy atom. The van der Waals surface area contributed by atoms with Crippen molar-refractivity contribution in [2.24, 2.45) is 0 Å². The van der Waals surface area contributed by atoms with Crippen LogP contribution in [0.2, 0.25) is 0 Å². The van der Waals surface area contributed by atoms with Gasteiger partial charge in [-0.25, -0.2) is 8.42 Å². The zero-order chi connectivity index (χ0) is 24.5. The van der Waals surface area contributed by atoms with Crippen LogP contribution in [0.3, 0.4) is 0 Å². The van der Waals surface area contributed by atoms with Crippen LogP contribution >= 0.6 is 0 Å². The number of alkyl halides is 17. The van der Waals surface area contributed by atoms with Gasteiger partial charge in [-0.3, -0.25) is 0 Å². The van der Waals surface area contributed by atoms with E-state index >= 15 is 0 Å². The van der Waals surface area contributed by atoms with Gasteiger partial charge in [0.05, 0.1) is 0 Å². The molecule has 0 rings (SSSR count). The summed E-state index contributed by atoms with van der Waals surface area (Å²) in [4.78, 5) is 0. The normalized spacial score (nSPS) is 16.3. The quantitative estimate of drug-likeness (QED) is 0.217. The monoisotopic (exact) mass is 530 g/mol. The summed E-state index contributed by atoms with van der Waals surface area (Å²) in [6, 6.07) is 0. The fraction of sp³-hybridized carbons (Fsp3) is 1.00. The van der Waals surface area contributed by atoms with Crippen LogP contribution in [0.25, 0.3) is 0 Å². The molecule has 3 nitrogen and oxygen atoms in total. The summed E-state index contributed by atoms with van der Waals surface area (Å²) in [5.41, 5.74) is 0. The van der Waals surface area contributed by atoms with Crippen molar-refractivity contribution in [3.8, 4) is 0 Å². The fourth-order valence-corrected chi connectivity index (χ4v) is 1.75. The van der Waals surface area contributed by atoms with Crippen LogP contribution in [0.1, 0.15) is 0 Å². The maximum absolute atomic E-state index is 13.0. The summed E-state index contributed by atoms with van der Waals surface area (Å²) in [7, 11) is -8.14. The minimum atomic E-state index is -8.92. The van der Waals surface area contributed by atoms with Gasteiger partial charge in [-0.15, -0.1) is 0 Å². The van der Waals surface area contributed by atoms with Gasteiger partial charge in [0.25, 0.3) is 0 Å². The summed E-state index contributed by atoms with van der Waals surface area (Å²) < 4.78 is 244. The number of hydrogen-bond donors (Lipinski definition) is 0. The van der Waals surface area contributed by atoms with E-state index in [1.807, 2.05) is 0 Å². The standard InChI is InChI=1S/C8HF17O3S.Na/c9-1(10,3(13,14)5(17,18)7(21,22)23)2(11,12)4(15,16)6(19,20)8(24,25)29(26,27)28;/h(H,26,27,28);/q;+1/p-1/i1+1,2+1,3+1,4+1,5+1,6+1,7+1,8+1;. The molecule has 0 aliphatic rings. The molecule has 0 heterocycles. The van der Waals surface area contributed by atoms with Crippen molar-refractivity contribution in [3.05, 3.63) is 0 Å². The van der Waals surface area contributed by atoms with Gasteiger partial charge >= 0.3 is 76.5 Å². The van der Waals surface area contributed by atoms with Crippen molar-refractivity contribution in [3.63, 3.8) is 0 Å². The first kappa shape index (κ1) is 31.9. The molecule has 0 spiro atoms. The zero-order valence-electron chi connectivity index (χ0n) is 13.1. The average molecular weight is 530 g/mol. The van der Waals surface area contributed by atoms with Crippen molar-refractivity contribution < 1.29 is 117 Å². The van der Waals surface area contributed by atoms with Crippen molar-refractivity contribution in [2.45, 2.75) is 47.0 Å². The summed E-state index contributed by atoms with van der Waals surface area (Å²) in [5.74, 6) is -52.1. The molecular formula is C8F17NaO3S. The molecule has 0 aliphatic carbocycles. The Balaban J connectivity index is 0. The Bertz CT molecular complexity index is 739. The Labute approximate surface area is 174 Å². The predicted molar refractivity (Wildman–Crippen MR) is 50.4 cm³/mol. The summed E-state index contributed by atoms with van der Waals surface area (Å²) >= 11 is 0. The second-order valence-corrected chi connectivity index (χ2v) is 6.34. The number of hydrogen-bond acceptors (Lipinski definition) is 3. The molecule has 0 aromatic carbocycles. The van der Waals surface area contributed by atoms with Crippen molar-refractivity contribution >= 4 is 10.1 Å². The largest absolute Gasteiger partial charge is 1.00 e. The molecule has 0 N–H and O–H groups in total. The molecule has 0 unspecified atom stereocenters. The van der Waals surface area contributed by atoms with Crippen molar-refractivity contribution in [1.29, 1.82) is 0 Å². The molecule has 0 aliphatic heterocycles. The third-order valence-electron chi connectivity index (χ3n) is 3.01. The second kappa shape index (κ2) is 7.65. The molecule has 0 bridgehead atoms. The van der Waals surface area contributed by atoms with Crippen LogP contribution in [0, 0.1) is 0 Å². The first-order valence-corrected chi connectivity index (χ1v) is 7.08. The number of halogens is 17. The van der Waals surface area contributed by atoms with E-state index in [0.717, 1.165) is 0 Å². The smallest absolute Gasteiger partial charge is 0.743 e. The van der Waals surface area contributed by atoms with E-state index in [0.29, 0.717) is 0 Å². The third kappa shape index (κ3) is 3.85. The molecule has 176 valence electrons. The predicted octanol–water partition coefficient (Wildman–Crippen LogP) is 1.50. The van der Waals surface area contributed by atoms with Crippen molar-refractivity contribution in [2.75, 3.05) is 0 Å². The molecular weight excluding hydrogens is 530 g/mol. The Morgan fingerprint density at radius 1 is 0.433 bits per heavy atom. The SMILES string of the molecule is O=S(=O)([O-])[13C](F)(F)[13C](F)(F)[13C](F)(F)[13C](F)(F)[13C](F)(F)[13C](F)(F)[13C](F)(F)[13C](F)(F)F.[Na+]. The molecule has 0 radical (unpaired) electrons. The molecule has 0 saturated carbocycles. The van der Waals surface area contributed by atoms with E-state index in [2.05, 4.69) is 0 Å². The van der Waals surface area contributed by atoms with E-state index in [9.17, 15) is 87.6 Å².